The molecule has 2 aliphatic heterocycles. The normalized spacial score (nSPS) is 38.6. The van der Waals surface area contributed by atoms with Gasteiger partial charge >= 0.3 is 0 Å². The average molecular weight is 182 g/mol. The van der Waals surface area contributed by atoms with Crippen molar-refractivity contribution in [3.8, 4) is 0 Å². The van der Waals surface area contributed by atoms with Crippen LogP contribution in [0.2, 0.25) is 0 Å². The van der Waals surface area contributed by atoms with E-state index in [1.807, 2.05) is 0 Å². The van der Waals surface area contributed by atoms with Gasteiger partial charge in [0.25, 0.3) is 0 Å². The lowest BCUT2D eigenvalue weighted by Gasteiger charge is -2.19. The van der Waals surface area contributed by atoms with Crippen molar-refractivity contribution in [3.05, 3.63) is 11.6 Å². The maximum absolute atomic E-state index is 9.81. The van der Waals surface area contributed by atoms with Crippen LogP contribution in [0.4, 0.5) is 0 Å². The summed E-state index contributed by atoms with van der Waals surface area (Å²) in [6.45, 7) is 2.17. The molecule has 0 radical (unpaired) electrons. The lowest BCUT2D eigenvalue weighted by molar-refractivity contribution is -0.0130. The molecule has 2 nitrogen and oxygen atoms in total. The number of aliphatic hydroxyl groups excluding tert-OH is 1. The van der Waals surface area contributed by atoms with Gasteiger partial charge in [0.2, 0.25) is 0 Å². The number of rotatable bonds is 2. The summed E-state index contributed by atoms with van der Waals surface area (Å²) < 4.78 is 5.76. The summed E-state index contributed by atoms with van der Waals surface area (Å²) in [6.07, 6.45) is 7.60. The highest BCUT2D eigenvalue weighted by Crippen LogP contribution is 2.33. The van der Waals surface area contributed by atoms with Crippen LogP contribution in [0.1, 0.15) is 39.0 Å². The Balaban J connectivity index is 2.10. The molecule has 2 bridgehead atoms. The third-order valence-corrected chi connectivity index (χ3v) is 2.96. The van der Waals surface area contributed by atoms with E-state index in [2.05, 4.69) is 13.0 Å². The van der Waals surface area contributed by atoms with E-state index in [0.717, 1.165) is 32.1 Å². The van der Waals surface area contributed by atoms with E-state index < -0.39 is 0 Å². The molecule has 1 saturated heterocycles. The van der Waals surface area contributed by atoms with E-state index in [1.54, 1.807) is 0 Å². The molecule has 2 rings (SSSR count). The molecule has 3 atom stereocenters. The minimum atomic E-state index is -0.259. The molecule has 2 heterocycles. The molecule has 13 heavy (non-hydrogen) atoms. The SMILES string of the molecule is CCCC1=C[C@@H]2CCC[C@@H](O)[C@H]1O2. The molecular weight excluding hydrogens is 164 g/mol. The summed E-state index contributed by atoms with van der Waals surface area (Å²) in [6, 6.07) is 0. The Morgan fingerprint density at radius 1 is 1.54 bits per heavy atom. The van der Waals surface area contributed by atoms with Crippen LogP contribution in [0, 0.1) is 0 Å². The lowest BCUT2D eigenvalue weighted by Crippen LogP contribution is -2.27. The maximum Gasteiger partial charge on any atom is 0.105 e. The Bertz CT molecular complexity index is 210. The standard InChI is InChI=1S/C11H18O2/c1-2-4-8-7-9-5-3-6-10(12)11(8)13-9/h7,9-12H,2-6H2,1H3/t9-,10+,11-/m0/s1. The monoisotopic (exact) mass is 182 g/mol. The fraction of sp³-hybridized carbons (Fsp3) is 0.818. The van der Waals surface area contributed by atoms with E-state index in [1.165, 1.54) is 5.57 Å². The van der Waals surface area contributed by atoms with Gasteiger partial charge in [-0.05, 0) is 31.3 Å². The van der Waals surface area contributed by atoms with E-state index in [-0.39, 0.29) is 12.2 Å². The highest BCUT2D eigenvalue weighted by Gasteiger charge is 2.34. The second kappa shape index (κ2) is 3.81. The van der Waals surface area contributed by atoms with Gasteiger partial charge in [-0.1, -0.05) is 19.4 Å². The topological polar surface area (TPSA) is 29.5 Å². The smallest absolute Gasteiger partial charge is 0.105 e. The summed E-state index contributed by atoms with van der Waals surface area (Å²) in [4.78, 5) is 0. The van der Waals surface area contributed by atoms with Crippen molar-refractivity contribution in [2.45, 2.75) is 57.3 Å². The fourth-order valence-electron chi connectivity index (χ4n) is 2.33. The third-order valence-electron chi connectivity index (χ3n) is 2.96. The highest BCUT2D eigenvalue weighted by molar-refractivity contribution is 5.19. The van der Waals surface area contributed by atoms with Crippen LogP contribution in [-0.2, 0) is 4.74 Å². The Morgan fingerprint density at radius 3 is 3.15 bits per heavy atom. The quantitative estimate of drug-likeness (QED) is 0.662. The predicted molar refractivity (Wildman–Crippen MR) is 51.5 cm³/mol. The zero-order valence-corrected chi connectivity index (χ0v) is 8.20. The molecule has 2 aliphatic rings. The molecular formula is C11H18O2. The minimum Gasteiger partial charge on any atom is -0.390 e. The third kappa shape index (κ3) is 1.79. The molecule has 74 valence electrons. The molecule has 1 N–H and O–H groups in total. The minimum absolute atomic E-state index is 0.0208. The van der Waals surface area contributed by atoms with Crippen LogP contribution < -0.4 is 0 Å². The summed E-state index contributed by atoms with van der Waals surface area (Å²) in [7, 11) is 0. The Morgan fingerprint density at radius 2 is 2.38 bits per heavy atom. The summed E-state index contributed by atoms with van der Waals surface area (Å²) >= 11 is 0. The maximum atomic E-state index is 9.81. The van der Waals surface area contributed by atoms with Crippen LogP contribution >= 0.6 is 0 Å². The van der Waals surface area contributed by atoms with Crippen molar-refractivity contribution >= 4 is 0 Å². The van der Waals surface area contributed by atoms with E-state index >= 15 is 0 Å². The number of hydrogen-bond donors (Lipinski definition) is 1. The van der Waals surface area contributed by atoms with Gasteiger partial charge in [-0.25, -0.2) is 0 Å². The fourth-order valence-corrected chi connectivity index (χ4v) is 2.33. The number of ether oxygens (including phenoxy) is 1. The average Bonchev–Trinajstić information content (AvgIpc) is 2.39. The highest BCUT2D eigenvalue weighted by atomic mass is 16.5. The second-order valence-electron chi connectivity index (χ2n) is 4.08. The first-order chi connectivity index (χ1) is 6.31. The van der Waals surface area contributed by atoms with Gasteiger partial charge in [0.15, 0.2) is 0 Å². The van der Waals surface area contributed by atoms with E-state index in [4.69, 9.17) is 4.74 Å². The molecule has 0 aromatic rings. The summed E-state index contributed by atoms with van der Waals surface area (Å²) in [5, 5.41) is 9.81. The van der Waals surface area contributed by atoms with Crippen molar-refractivity contribution in [1.82, 2.24) is 0 Å². The van der Waals surface area contributed by atoms with Crippen molar-refractivity contribution in [3.63, 3.8) is 0 Å². The van der Waals surface area contributed by atoms with Crippen LogP contribution in [0.25, 0.3) is 0 Å². The number of aliphatic hydroxyl groups is 1. The summed E-state index contributed by atoms with van der Waals surface area (Å²) in [5.74, 6) is 0. The van der Waals surface area contributed by atoms with Gasteiger partial charge in [0.05, 0.1) is 12.2 Å². The molecule has 0 aromatic heterocycles. The first-order valence-corrected chi connectivity index (χ1v) is 5.35. The van der Waals surface area contributed by atoms with E-state index in [0.29, 0.717) is 6.10 Å². The first-order valence-electron chi connectivity index (χ1n) is 5.35. The van der Waals surface area contributed by atoms with Gasteiger partial charge in [-0.3, -0.25) is 0 Å². The van der Waals surface area contributed by atoms with E-state index in [9.17, 15) is 5.11 Å². The van der Waals surface area contributed by atoms with Crippen LogP contribution in [0.3, 0.4) is 0 Å². The Labute approximate surface area is 79.6 Å². The molecule has 0 saturated carbocycles. The number of hydrogen-bond acceptors (Lipinski definition) is 2. The molecule has 0 amide bonds. The predicted octanol–water partition coefficient (Wildman–Crippen LogP) is 2.03. The van der Waals surface area contributed by atoms with Gasteiger partial charge in [-0.2, -0.15) is 0 Å². The summed E-state index contributed by atoms with van der Waals surface area (Å²) in [5.41, 5.74) is 1.33. The molecule has 0 unspecified atom stereocenters. The van der Waals surface area contributed by atoms with Crippen molar-refractivity contribution < 1.29 is 9.84 Å². The van der Waals surface area contributed by atoms with Crippen molar-refractivity contribution in [2.75, 3.05) is 0 Å². The van der Waals surface area contributed by atoms with Gasteiger partial charge in [-0.15, -0.1) is 0 Å². The molecule has 2 heteroatoms. The van der Waals surface area contributed by atoms with Gasteiger partial charge < -0.3 is 9.84 Å². The van der Waals surface area contributed by atoms with Crippen molar-refractivity contribution in [1.29, 1.82) is 0 Å². The van der Waals surface area contributed by atoms with Gasteiger partial charge in [0, 0.05) is 0 Å². The lowest BCUT2D eigenvalue weighted by atomic mass is 9.95. The van der Waals surface area contributed by atoms with Crippen LogP contribution in [0.15, 0.2) is 11.6 Å². The van der Waals surface area contributed by atoms with Crippen LogP contribution in [-0.4, -0.2) is 23.4 Å². The first kappa shape index (κ1) is 9.22. The Hall–Kier alpha value is -0.340. The second-order valence-corrected chi connectivity index (χ2v) is 4.08. The Kier molecular flexibility index (Phi) is 2.70. The zero-order chi connectivity index (χ0) is 9.26. The molecule has 0 aromatic carbocycles. The zero-order valence-electron chi connectivity index (χ0n) is 8.20. The number of fused-ring (bicyclic) bond motifs is 2. The van der Waals surface area contributed by atoms with Crippen LogP contribution in [0.5, 0.6) is 0 Å². The van der Waals surface area contributed by atoms with Crippen molar-refractivity contribution in [2.24, 2.45) is 0 Å². The largest absolute Gasteiger partial charge is 0.390 e. The molecule has 0 aliphatic carbocycles. The van der Waals surface area contributed by atoms with Gasteiger partial charge in [0.1, 0.15) is 6.10 Å². The molecule has 0 spiro atoms. The molecule has 1 fully saturated rings.